The van der Waals surface area contributed by atoms with E-state index < -0.39 is 12.0 Å². The van der Waals surface area contributed by atoms with E-state index in [2.05, 4.69) is 0 Å². The Morgan fingerprint density at radius 1 is 1.08 bits per heavy atom. The number of carbonyl (C=O) groups excluding carboxylic acids is 1. The number of para-hydroxylation sites is 1. The van der Waals surface area contributed by atoms with Gasteiger partial charge in [0, 0.05) is 11.1 Å². The summed E-state index contributed by atoms with van der Waals surface area (Å²) >= 11 is 1.20. The fourth-order valence-corrected chi connectivity index (χ4v) is 5.31. The van der Waals surface area contributed by atoms with Crippen molar-refractivity contribution in [1.29, 1.82) is 0 Å². The van der Waals surface area contributed by atoms with Crippen LogP contribution in [-0.2, 0) is 9.53 Å². The van der Waals surface area contributed by atoms with Gasteiger partial charge in [-0.1, -0.05) is 72.0 Å². The second-order valence-electron chi connectivity index (χ2n) is 8.27. The average molecular weight is 513 g/mol. The van der Waals surface area contributed by atoms with Crippen LogP contribution in [0.15, 0.2) is 94.2 Å². The minimum absolute atomic E-state index is 0.0647. The molecule has 7 nitrogen and oxygen atoms in total. The van der Waals surface area contributed by atoms with Crippen LogP contribution in [0.3, 0.4) is 0 Å². The minimum atomic E-state index is -0.799. The molecule has 1 aliphatic rings. The number of phenolic OH excluding ortho intramolecular Hbond substituents is 1. The Hall–Kier alpha value is -4.43. The third-order valence-corrected chi connectivity index (χ3v) is 6.99. The Bertz CT molecular complexity index is 1690. The number of fused-ring (bicyclic) bond motifs is 1. The minimum Gasteiger partial charge on any atom is -0.507 e. The Balaban J connectivity index is 1.85. The Kier molecular flexibility index (Phi) is 6.74. The number of carbonyl (C=O) groups is 1. The van der Waals surface area contributed by atoms with E-state index in [-0.39, 0.29) is 23.5 Å². The molecule has 0 radical (unpaired) electrons. The van der Waals surface area contributed by atoms with Crippen LogP contribution in [-0.4, -0.2) is 29.4 Å². The van der Waals surface area contributed by atoms with Crippen molar-refractivity contribution in [3.8, 4) is 11.5 Å². The second-order valence-corrected chi connectivity index (χ2v) is 9.28. The number of hydrogen-bond donors (Lipinski definition) is 1. The molecule has 186 valence electrons. The predicted molar refractivity (Wildman–Crippen MR) is 142 cm³/mol. The first kappa shape index (κ1) is 24.3. The van der Waals surface area contributed by atoms with E-state index in [4.69, 9.17) is 14.5 Å². The zero-order valence-electron chi connectivity index (χ0n) is 20.3. The second kappa shape index (κ2) is 10.3. The highest BCUT2D eigenvalue weighted by Crippen LogP contribution is 2.36. The number of nitrogens with zero attached hydrogens (tertiary/aromatic N) is 2. The molecule has 1 unspecified atom stereocenters. The number of rotatable bonds is 6. The Morgan fingerprint density at radius 3 is 2.57 bits per heavy atom. The fraction of sp³-hybridized carbons (Fsp3) is 0.138. The molecule has 5 rings (SSSR count). The van der Waals surface area contributed by atoms with Gasteiger partial charge >= 0.3 is 5.97 Å². The van der Waals surface area contributed by atoms with Gasteiger partial charge in [-0.2, -0.15) is 0 Å². The SMILES string of the molecule is CCOC(=O)C1=C(c2ccccc2)N=c2sc(=Cc3ccccc3O)c(=O)n2C1c1cccc(OC)c1. The van der Waals surface area contributed by atoms with Crippen LogP contribution in [0.25, 0.3) is 11.8 Å². The largest absolute Gasteiger partial charge is 0.507 e. The molecule has 1 atom stereocenters. The maximum Gasteiger partial charge on any atom is 0.338 e. The highest BCUT2D eigenvalue weighted by Gasteiger charge is 2.35. The monoisotopic (exact) mass is 512 g/mol. The normalized spacial score (nSPS) is 15.2. The predicted octanol–water partition coefficient (Wildman–Crippen LogP) is 3.65. The molecule has 0 aliphatic carbocycles. The number of aromatic nitrogens is 1. The van der Waals surface area contributed by atoms with Gasteiger partial charge in [0.1, 0.15) is 11.5 Å². The van der Waals surface area contributed by atoms with Gasteiger partial charge in [0.15, 0.2) is 4.80 Å². The molecule has 1 N–H and O–H groups in total. The standard InChI is InChI=1S/C29H24N2O5S/c1-3-36-28(34)24-25(18-10-5-4-6-11-18)30-29-31(26(24)20-13-9-14-21(16-20)35-2)27(33)23(37-29)17-19-12-7-8-15-22(19)32/h4-17,26,32H,3H2,1-2H3. The maximum absolute atomic E-state index is 13.8. The van der Waals surface area contributed by atoms with E-state index in [9.17, 15) is 14.7 Å². The first-order valence-corrected chi connectivity index (χ1v) is 12.5. The van der Waals surface area contributed by atoms with Gasteiger partial charge in [-0.05, 0) is 36.8 Å². The van der Waals surface area contributed by atoms with Gasteiger partial charge in [0.05, 0.1) is 35.6 Å². The summed E-state index contributed by atoms with van der Waals surface area (Å²) in [6.07, 6.45) is 1.64. The van der Waals surface area contributed by atoms with Gasteiger partial charge < -0.3 is 14.6 Å². The van der Waals surface area contributed by atoms with Crippen molar-refractivity contribution in [3.05, 3.63) is 121 Å². The van der Waals surface area contributed by atoms with Gasteiger partial charge in [-0.25, -0.2) is 9.79 Å². The molecule has 0 fully saturated rings. The van der Waals surface area contributed by atoms with Gasteiger partial charge in [-0.3, -0.25) is 9.36 Å². The van der Waals surface area contributed by atoms with Gasteiger partial charge in [-0.15, -0.1) is 0 Å². The van der Waals surface area contributed by atoms with E-state index in [0.717, 1.165) is 5.56 Å². The number of thiazole rings is 1. The van der Waals surface area contributed by atoms with Crippen molar-refractivity contribution in [2.75, 3.05) is 13.7 Å². The van der Waals surface area contributed by atoms with Crippen LogP contribution in [0.2, 0.25) is 0 Å². The summed E-state index contributed by atoms with van der Waals surface area (Å²) in [5, 5.41) is 10.3. The third kappa shape index (κ3) is 4.59. The quantitative estimate of drug-likeness (QED) is 0.399. The molecule has 0 saturated heterocycles. The topological polar surface area (TPSA) is 90.1 Å². The van der Waals surface area contributed by atoms with Crippen LogP contribution in [0.1, 0.15) is 29.7 Å². The molecule has 37 heavy (non-hydrogen) atoms. The molecule has 1 aliphatic heterocycles. The zero-order valence-corrected chi connectivity index (χ0v) is 21.1. The number of methoxy groups -OCH3 is 1. The van der Waals surface area contributed by atoms with Crippen LogP contribution in [0, 0.1) is 0 Å². The van der Waals surface area contributed by atoms with Crippen molar-refractivity contribution in [2.24, 2.45) is 4.99 Å². The summed E-state index contributed by atoms with van der Waals surface area (Å²) in [6, 6.07) is 22.6. The highest BCUT2D eigenvalue weighted by molar-refractivity contribution is 7.07. The average Bonchev–Trinajstić information content (AvgIpc) is 3.24. The number of esters is 1. The Labute approximate surface area is 216 Å². The Morgan fingerprint density at radius 2 is 1.84 bits per heavy atom. The van der Waals surface area contributed by atoms with E-state index in [1.165, 1.54) is 15.9 Å². The van der Waals surface area contributed by atoms with Gasteiger partial charge in [0.25, 0.3) is 5.56 Å². The van der Waals surface area contributed by atoms with E-state index >= 15 is 0 Å². The van der Waals surface area contributed by atoms with Crippen LogP contribution in [0.4, 0.5) is 0 Å². The van der Waals surface area contributed by atoms with Crippen molar-refractivity contribution in [3.63, 3.8) is 0 Å². The summed E-state index contributed by atoms with van der Waals surface area (Å²) in [5.74, 6) is 0.109. The lowest BCUT2D eigenvalue weighted by Crippen LogP contribution is -2.40. The summed E-state index contributed by atoms with van der Waals surface area (Å²) in [5.41, 5.74) is 2.31. The van der Waals surface area contributed by atoms with Crippen molar-refractivity contribution >= 4 is 29.1 Å². The molecular formula is C29H24N2O5S. The molecule has 0 amide bonds. The first-order valence-electron chi connectivity index (χ1n) is 11.7. The van der Waals surface area contributed by atoms with Crippen LogP contribution >= 0.6 is 11.3 Å². The first-order chi connectivity index (χ1) is 18.0. The molecule has 0 saturated carbocycles. The number of hydrogen-bond acceptors (Lipinski definition) is 7. The van der Waals surface area contributed by atoms with E-state index in [1.54, 1.807) is 56.5 Å². The number of ether oxygens (including phenoxy) is 2. The van der Waals surface area contributed by atoms with Crippen LogP contribution in [0.5, 0.6) is 11.5 Å². The molecule has 8 heteroatoms. The molecule has 0 spiro atoms. The fourth-order valence-electron chi connectivity index (χ4n) is 4.32. The van der Waals surface area contributed by atoms with Crippen molar-refractivity contribution in [2.45, 2.75) is 13.0 Å². The lowest BCUT2D eigenvalue weighted by molar-refractivity contribution is -0.138. The van der Waals surface area contributed by atoms with Crippen molar-refractivity contribution in [1.82, 2.24) is 4.57 Å². The smallest absolute Gasteiger partial charge is 0.338 e. The van der Waals surface area contributed by atoms with Crippen LogP contribution < -0.4 is 19.6 Å². The summed E-state index contributed by atoms with van der Waals surface area (Å²) in [6.45, 7) is 1.91. The maximum atomic E-state index is 13.8. The molecule has 2 heterocycles. The molecule has 4 aromatic rings. The van der Waals surface area contributed by atoms with Crippen molar-refractivity contribution < 1.29 is 19.4 Å². The molecular weight excluding hydrogens is 488 g/mol. The summed E-state index contributed by atoms with van der Waals surface area (Å²) in [4.78, 5) is 32.5. The zero-order chi connectivity index (χ0) is 25.9. The summed E-state index contributed by atoms with van der Waals surface area (Å²) in [7, 11) is 1.56. The van der Waals surface area contributed by atoms with E-state index in [0.29, 0.717) is 31.9 Å². The number of aromatic hydroxyl groups is 1. The molecule has 3 aromatic carbocycles. The highest BCUT2D eigenvalue weighted by atomic mass is 32.1. The van der Waals surface area contributed by atoms with Gasteiger partial charge in [0.2, 0.25) is 0 Å². The third-order valence-electron chi connectivity index (χ3n) is 6.01. The lowest BCUT2D eigenvalue weighted by Gasteiger charge is -2.26. The number of benzene rings is 3. The summed E-state index contributed by atoms with van der Waals surface area (Å²) < 4.78 is 12.8. The van der Waals surface area contributed by atoms with E-state index in [1.807, 2.05) is 42.5 Å². The number of phenols is 1. The molecule has 1 aromatic heterocycles. The molecule has 0 bridgehead atoms. The lowest BCUT2D eigenvalue weighted by atomic mass is 9.93.